The number of nitrogens with one attached hydrogen (secondary N) is 3. The number of rotatable bonds is 6. The molecule has 8 heteroatoms. The molecule has 0 aliphatic heterocycles. The van der Waals surface area contributed by atoms with Gasteiger partial charge in [-0.3, -0.25) is 4.79 Å². The van der Waals surface area contributed by atoms with Gasteiger partial charge in [0.05, 0.1) is 10.9 Å². The number of pyridine rings is 1. The maximum Gasteiger partial charge on any atom is 0.241 e. The molecule has 106 valence electrons. The van der Waals surface area contributed by atoms with E-state index in [2.05, 4.69) is 20.3 Å². The van der Waals surface area contributed by atoms with Gasteiger partial charge in [0, 0.05) is 25.9 Å². The van der Waals surface area contributed by atoms with E-state index in [0.29, 0.717) is 12.4 Å². The van der Waals surface area contributed by atoms with Gasteiger partial charge in [-0.25, -0.2) is 13.4 Å². The molecule has 1 unspecified atom stereocenters. The van der Waals surface area contributed by atoms with Gasteiger partial charge in [-0.05, 0) is 19.9 Å². The zero-order valence-corrected chi connectivity index (χ0v) is 11.9. The molecule has 3 N–H and O–H groups in total. The highest BCUT2D eigenvalue weighted by Gasteiger charge is 2.21. The van der Waals surface area contributed by atoms with Crippen LogP contribution in [0.2, 0.25) is 0 Å². The monoisotopic (exact) mass is 286 g/mol. The molecule has 0 fully saturated rings. The van der Waals surface area contributed by atoms with Crippen LogP contribution < -0.4 is 15.4 Å². The van der Waals surface area contributed by atoms with Crippen LogP contribution in [0.3, 0.4) is 0 Å². The summed E-state index contributed by atoms with van der Waals surface area (Å²) in [6.07, 6.45) is 1.40. The minimum Gasteiger partial charge on any atom is -0.370 e. The topological polar surface area (TPSA) is 100 Å². The highest BCUT2D eigenvalue weighted by molar-refractivity contribution is 7.89. The molecule has 0 bridgehead atoms. The Morgan fingerprint density at radius 3 is 2.74 bits per heavy atom. The Morgan fingerprint density at radius 2 is 2.16 bits per heavy atom. The van der Waals surface area contributed by atoms with E-state index in [4.69, 9.17) is 0 Å². The molecule has 7 nitrogen and oxygen atoms in total. The van der Waals surface area contributed by atoms with Crippen molar-refractivity contribution in [2.24, 2.45) is 0 Å². The van der Waals surface area contributed by atoms with Crippen molar-refractivity contribution in [3.63, 3.8) is 0 Å². The fourth-order valence-corrected chi connectivity index (χ4v) is 2.64. The van der Waals surface area contributed by atoms with E-state index in [1.54, 1.807) is 0 Å². The molecule has 0 spiro atoms. The van der Waals surface area contributed by atoms with E-state index < -0.39 is 22.0 Å². The van der Waals surface area contributed by atoms with Crippen molar-refractivity contribution in [3.8, 4) is 0 Å². The van der Waals surface area contributed by atoms with Crippen LogP contribution in [-0.4, -0.2) is 38.9 Å². The van der Waals surface area contributed by atoms with Gasteiger partial charge in [0.2, 0.25) is 15.9 Å². The fraction of sp³-hybridized carbons (Fsp3) is 0.455. The van der Waals surface area contributed by atoms with Crippen LogP contribution in [0.5, 0.6) is 0 Å². The summed E-state index contributed by atoms with van der Waals surface area (Å²) in [6, 6.07) is 1.95. The summed E-state index contributed by atoms with van der Waals surface area (Å²) >= 11 is 0. The normalized spacial score (nSPS) is 12.8. The Morgan fingerprint density at radius 1 is 1.47 bits per heavy atom. The van der Waals surface area contributed by atoms with Gasteiger partial charge in [0.15, 0.2) is 0 Å². The Balaban J connectivity index is 2.94. The minimum absolute atomic E-state index is 0.0641. The Bertz CT molecular complexity index is 545. The zero-order chi connectivity index (χ0) is 14.5. The lowest BCUT2D eigenvalue weighted by atomic mass is 10.3. The largest absolute Gasteiger partial charge is 0.370 e. The predicted molar refractivity (Wildman–Crippen MR) is 72.3 cm³/mol. The highest BCUT2D eigenvalue weighted by atomic mass is 32.2. The number of hydrogen-bond donors (Lipinski definition) is 3. The Hall–Kier alpha value is -1.67. The fourth-order valence-electron chi connectivity index (χ4n) is 1.43. The van der Waals surface area contributed by atoms with Gasteiger partial charge >= 0.3 is 0 Å². The average molecular weight is 286 g/mol. The lowest BCUT2D eigenvalue weighted by molar-refractivity contribution is -0.121. The highest BCUT2D eigenvalue weighted by Crippen LogP contribution is 2.12. The first-order valence-corrected chi connectivity index (χ1v) is 7.33. The zero-order valence-electron chi connectivity index (χ0n) is 11.1. The van der Waals surface area contributed by atoms with Crippen molar-refractivity contribution in [3.05, 3.63) is 18.3 Å². The van der Waals surface area contributed by atoms with Gasteiger partial charge in [0.25, 0.3) is 0 Å². The molecule has 19 heavy (non-hydrogen) atoms. The Kier molecular flexibility index (Phi) is 5.25. The average Bonchev–Trinajstić information content (AvgIpc) is 2.38. The number of sulfonamides is 1. The van der Waals surface area contributed by atoms with Crippen LogP contribution in [0.15, 0.2) is 23.2 Å². The number of carbonyl (C=O) groups is 1. The number of aromatic nitrogens is 1. The number of likely N-dealkylation sites (N-methyl/N-ethyl adjacent to an activating group) is 1. The predicted octanol–water partition coefficient (Wildman–Crippen LogP) is -0.0738. The molecule has 0 aliphatic carbocycles. The van der Waals surface area contributed by atoms with E-state index in [-0.39, 0.29) is 4.90 Å². The molecular formula is C11H18N4O3S. The van der Waals surface area contributed by atoms with Crippen molar-refractivity contribution >= 4 is 21.7 Å². The van der Waals surface area contributed by atoms with Crippen LogP contribution in [0.25, 0.3) is 0 Å². The second kappa shape index (κ2) is 6.48. The summed E-state index contributed by atoms with van der Waals surface area (Å²) < 4.78 is 26.4. The van der Waals surface area contributed by atoms with Gasteiger partial charge in [-0.15, -0.1) is 0 Å². The lowest BCUT2D eigenvalue weighted by Gasteiger charge is -2.13. The van der Waals surface area contributed by atoms with Gasteiger partial charge < -0.3 is 10.6 Å². The van der Waals surface area contributed by atoms with Crippen molar-refractivity contribution < 1.29 is 13.2 Å². The molecule has 1 aromatic rings. The number of anilines is 1. The van der Waals surface area contributed by atoms with Crippen LogP contribution in [0, 0.1) is 0 Å². The van der Waals surface area contributed by atoms with Crippen molar-refractivity contribution in [2.75, 3.05) is 18.9 Å². The van der Waals surface area contributed by atoms with E-state index in [0.717, 1.165) is 0 Å². The molecule has 0 aromatic carbocycles. The maximum absolute atomic E-state index is 12.1. The molecule has 1 aromatic heterocycles. The first-order chi connectivity index (χ1) is 8.90. The summed E-state index contributed by atoms with van der Waals surface area (Å²) in [6.45, 7) is 4.00. The van der Waals surface area contributed by atoms with Crippen LogP contribution >= 0.6 is 0 Å². The summed E-state index contributed by atoms with van der Waals surface area (Å²) in [4.78, 5) is 15.4. The summed E-state index contributed by atoms with van der Waals surface area (Å²) in [5, 5.41) is 5.30. The smallest absolute Gasteiger partial charge is 0.241 e. The standard InChI is InChI=1S/C11H18N4O3S/c1-4-13-10-7-9(5-6-14-10)19(17,18)15-8(2)11(16)12-3/h5-8,15H,4H2,1-3H3,(H,12,16)(H,13,14). The number of carbonyl (C=O) groups excluding carboxylic acids is 1. The van der Waals surface area contributed by atoms with Crippen molar-refractivity contribution in [1.82, 2.24) is 15.0 Å². The molecule has 0 aliphatic rings. The van der Waals surface area contributed by atoms with Crippen molar-refractivity contribution in [1.29, 1.82) is 0 Å². The van der Waals surface area contributed by atoms with Gasteiger partial charge in [-0.2, -0.15) is 4.72 Å². The second-order valence-electron chi connectivity index (χ2n) is 3.86. The summed E-state index contributed by atoms with van der Waals surface area (Å²) in [7, 11) is -2.30. The van der Waals surface area contributed by atoms with Crippen LogP contribution in [-0.2, 0) is 14.8 Å². The summed E-state index contributed by atoms with van der Waals surface area (Å²) in [5.74, 6) is 0.0718. The van der Waals surface area contributed by atoms with E-state index in [9.17, 15) is 13.2 Å². The summed E-state index contributed by atoms with van der Waals surface area (Å²) in [5.41, 5.74) is 0. The third-order valence-electron chi connectivity index (χ3n) is 2.37. The molecule has 0 radical (unpaired) electrons. The second-order valence-corrected chi connectivity index (χ2v) is 5.58. The van der Waals surface area contributed by atoms with Gasteiger partial charge in [0.1, 0.15) is 5.82 Å². The number of nitrogens with zero attached hydrogens (tertiary/aromatic N) is 1. The number of hydrogen-bond acceptors (Lipinski definition) is 5. The molecule has 0 saturated carbocycles. The van der Waals surface area contributed by atoms with Crippen LogP contribution in [0.4, 0.5) is 5.82 Å². The van der Waals surface area contributed by atoms with Crippen molar-refractivity contribution in [2.45, 2.75) is 24.8 Å². The quantitative estimate of drug-likeness (QED) is 0.679. The number of amides is 1. The van der Waals surface area contributed by atoms with E-state index >= 15 is 0 Å². The molecule has 1 amide bonds. The molecular weight excluding hydrogens is 268 g/mol. The lowest BCUT2D eigenvalue weighted by Crippen LogP contribution is -2.43. The third kappa shape index (κ3) is 4.18. The molecule has 0 saturated heterocycles. The third-order valence-corrected chi connectivity index (χ3v) is 3.91. The first-order valence-electron chi connectivity index (χ1n) is 5.84. The first kappa shape index (κ1) is 15.4. The molecule has 1 atom stereocenters. The molecule has 1 rings (SSSR count). The van der Waals surface area contributed by atoms with E-state index in [1.807, 2.05) is 6.92 Å². The Labute approximate surface area is 112 Å². The van der Waals surface area contributed by atoms with E-state index in [1.165, 1.54) is 32.3 Å². The SMILES string of the molecule is CCNc1cc(S(=O)(=O)NC(C)C(=O)NC)ccn1. The maximum atomic E-state index is 12.1. The minimum atomic E-state index is -3.75. The van der Waals surface area contributed by atoms with Gasteiger partial charge in [-0.1, -0.05) is 0 Å². The van der Waals surface area contributed by atoms with Crippen LogP contribution in [0.1, 0.15) is 13.8 Å². The molecule has 1 heterocycles.